The van der Waals surface area contributed by atoms with Crippen LogP contribution in [0.2, 0.25) is 5.02 Å². The van der Waals surface area contributed by atoms with Crippen LogP contribution in [-0.2, 0) is 6.54 Å². The summed E-state index contributed by atoms with van der Waals surface area (Å²) in [5.41, 5.74) is 3.07. The second-order valence-electron chi connectivity index (χ2n) is 8.05. The molecule has 0 bridgehead atoms. The Morgan fingerprint density at radius 1 is 1.29 bits per heavy atom. The van der Waals surface area contributed by atoms with Gasteiger partial charge in [0, 0.05) is 18.0 Å². The number of nitrogens with zero attached hydrogens (tertiary/aromatic N) is 2. The van der Waals surface area contributed by atoms with Gasteiger partial charge in [-0.3, -0.25) is 4.90 Å². The average molecular weight is 419 g/mol. The van der Waals surface area contributed by atoms with Crippen LogP contribution in [0.4, 0.5) is 0 Å². The maximum Gasteiger partial charge on any atom is 0.101 e. The van der Waals surface area contributed by atoms with E-state index in [1.54, 1.807) is 17.0 Å². The Morgan fingerprint density at radius 3 is 2.39 bits per heavy atom. The zero-order valence-corrected chi connectivity index (χ0v) is 19.8. The van der Waals surface area contributed by atoms with Gasteiger partial charge in [0.15, 0.2) is 0 Å². The molecule has 1 aromatic heterocycles. The van der Waals surface area contributed by atoms with Gasteiger partial charge in [-0.1, -0.05) is 51.8 Å². The van der Waals surface area contributed by atoms with E-state index in [4.69, 9.17) is 16.9 Å². The van der Waals surface area contributed by atoms with E-state index in [-0.39, 0.29) is 0 Å². The number of aryl methyl sites for hydroxylation is 2. The lowest BCUT2D eigenvalue weighted by molar-refractivity contribution is 0.322. The normalized spacial score (nSPS) is 16.0. The molecule has 1 saturated heterocycles. The summed E-state index contributed by atoms with van der Waals surface area (Å²) in [6.45, 7) is 16.9. The molecular weight excluding hydrogens is 384 g/mol. The average Bonchev–Trinajstić information content (AvgIpc) is 3.25. The lowest BCUT2D eigenvalue weighted by Crippen LogP contribution is -2.19. The summed E-state index contributed by atoms with van der Waals surface area (Å²) >= 11 is 7.60. The van der Waals surface area contributed by atoms with Gasteiger partial charge in [0.05, 0.1) is 10.6 Å². The van der Waals surface area contributed by atoms with E-state index in [0.717, 1.165) is 17.4 Å². The predicted molar refractivity (Wildman–Crippen MR) is 124 cm³/mol. The number of rotatable bonds is 3. The van der Waals surface area contributed by atoms with Crippen molar-refractivity contribution in [2.24, 2.45) is 11.8 Å². The standard InChI is InChI=1S/C11H17NS.C8H6ClN.C5H12/c1-9-3-5-12(7-9)8-11-10(2)4-6-13-11;1-6-2-3-7(5-10)8(9)4-6;1-4-5(2)3/h4,6,9H,3,5,7-8H2,1-2H3;2-4H,1H3;5H,4H2,1-3H3/t9-;;/m0../s1. The van der Waals surface area contributed by atoms with Crippen molar-refractivity contribution in [3.05, 3.63) is 56.2 Å². The quantitative estimate of drug-likeness (QED) is 0.516. The van der Waals surface area contributed by atoms with Crippen molar-refractivity contribution in [1.29, 1.82) is 5.26 Å². The Balaban J connectivity index is 0.000000233. The largest absolute Gasteiger partial charge is 0.298 e. The molecule has 1 aliphatic heterocycles. The maximum absolute atomic E-state index is 8.47. The van der Waals surface area contributed by atoms with Crippen molar-refractivity contribution >= 4 is 22.9 Å². The summed E-state index contributed by atoms with van der Waals surface area (Å²) < 4.78 is 0. The molecule has 0 amide bonds. The minimum atomic E-state index is 0.530. The number of hydrogen-bond donors (Lipinski definition) is 0. The minimum Gasteiger partial charge on any atom is -0.298 e. The fourth-order valence-electron chi connectivity index (χ4n) is 2.65. The third kappa shape index (κ3) is 9.24. The highest BCUT2D eigenvalue weighted by Gasteiger charge is 2.19. The monoisotopic (exact) mass is 418 g/mol. The summed E-state index contributed by atoms with van der Waals surface area (Å²) in [7, 11) is 0. The third-order valence-corrected chi connectivity index (χ3v) is 6.23. The Hall–Kier alpha value is -1.34. The molecule has 0 radical (unpaired) electrons. The number of nitriles is 1. The van der Waals surface area contributed by atoms with Crippen molar-refractivity contribution in [3.8, 4) is 6.07 Å². The first kappa shape index (κ1) is 24.7. The Labute approximate surface area is 181 Å². The summed E-state index contributed by atoms with van der Waals surface area (Å²) in [5.74, 6) is 1.79. The van der Waals surface area contributed by atoms with Crippen LogP contribution in [0.3, 0.4) is 0 Å². The topological polar surface area (TPSA) is 27.0 Å². The van der Waals surface area contributed by atoms with Crippen LogP contribution in [0.25, 0.3) is 0 Å². The summed E-state index contributed by atoms with van der Waals surface area (Å²) in [4.78, 5) is 4.12. The number of halogens is 1. The molecule has 1 aliphatic rings. The fraction of sp³-hybridized carbons (Fsp3) is 0.542. The SMILES string of the molecule is CCC(C)C.Cc1ccc(C#N)c(Cl)c1.Cc1ccsc1CN1CC[C@H](C)C1. The van der Waals surface area contributed by atoms with E-state index >= 15 is 0 Å². The van der Waals surface area contributed by atoms with Gasteiger partial charge >= 0.3 is 0 Å². The van der Waals surface area contributed by atoms with Gasteiger partial charge in [-0.15, -0.1) is 11.3 Å². The van der Waals surface area contributed by atoms with Gasteiger partial charge in [-0.25, -0.2) is 0 Å². The van der Waals surface area contributed by atoms with Crippen molar-refractivity contribution in [2.75, 3.05) is 13.1 Å². The van der Waals surface area contributed by atoms with Gasteiger partial charge in [0.25, 0.3) is 0 Å². The van der Waals surface area contributed by atoms with Gasteiger partial charge in [0.1, 0.15) is 6.07 Å². The van der Waals surface area contributed by atoms with E-state index in [1.165, 1.54) is 38.0 Å². The summed E-state index contributed by atoms with van der Waals surface area (Å²) in [6, 6.07) is 9.58. The molecule has 2 aromatic rings. The van der Waals surface area contributed by atoms with E-state index in [2.05, 4.69) is 51.0 Å². The van der Waals surface area contributed by atoms with E-state index in [9.17, 15) is 0 Å². The van der Waals surface area contributed by atoms with Gasteiger partial charge in [-0.2, -0.15) is 5.26 Å². The van der Waals surface area contributed by atoms with Crippen molar-refractivity contribution in [1.82, 2.24) is 4.90 Å². The van der Waals surface area contributed by atoms with Gasteiger partial charge in [-0.05, 0) is 73.4 Å². The molecule has 154 valence electrons. The fourth-order valence-corrected chi connectivity index (χ4v) is 3.87. The van der Waals surface area contributed by atoms with Crippen molar-refractivity contribution in [2.45, 2.75) is 60.9 Å². The van der Waals surface area contributed by atoms with Crippen LogP contribution >= 0.6 is 22.9 Å². The van der Waals surface area contributed by atoms with Gasteiger partial charge in [0.2, 0.25) is 0 Å². The van der Waals surface area contributed by atoms with Crippen LogP contribution in [-0.4, -0.2) is 18.0 Å². The summed E-state index contributed by atoms with van der Waals surface area (Å²) in [6.07, 6.45) is 2.68. The van der Waals surface area contributed by atoms with Crippen LogP contribution < -0.4 is 0 Å². The molecule has 0 unspecified atom stereocenters. The van der Waals surface area contributed by atoms with E-state index < -0.39 is 0 Å². The molecule has 4 heteroatoms. The lowest BCUT2D eigenvalue weighted by Gasteiger charge is -2.14. The smallest absolute Gasteiger partial charge is 0.101 e. The van der Waals surface area contributed by atoms with Crippen LogP contribution in [0.15, 0.2) is 29.6 Å². The Kier molecular flexibility index (Phi) is 11.5. The third-order valence-electron chi connectivity index (χ3n) is 4.90. The number of benzene rings is 1. The highest BCUT2D eigenvalue weighted by atomic mass is 35.5. The van der Waals surface area contributed by atoms with Gasteiger partial charge < -0.3 is 0 Å². The van der Waals surface area contributed by atoms with Crippen LogP contribution in [0.1, 0.15) is 62.1 Å². The molecule has 28 heavy (non-hydrogen) atoms. The number of hydrogen-bond acceptors (Lipinski definition) is 3. The number of likely N-dealkylation sites (tertiary alicyclic amines) is 1. The molecular formula is C24H35ClN2S. The van der Waals surface area contributed by atoms with Crippen LogP contribution in [0, 0.1) is 37.0 Å². The molecule has 2 nitrogen and oxygen atoms in total. The molecule has 0 aliphatic carbocycles. The first-order valence-corrected chi connectivity index (χ1v) is 11.4. The maximum atomic E-state index is 8.47. The van der Waals surface area contributed by atoms with E-state index in [1.807, 2.05) is 30.4 Å². The highest BCUT2D eigenvalue weighted by molar-refractivity contribution is 7.10. The zero-order chi connectivity index (χ0) is 21.1. The first-order chi connectivity index (χ1) is 13.3. The molecule has 1 atom stereocenters. The lowest BCUT2D eigenvalue weighted by atomic mass is 10.2. The number of thiophene rings is 1. The molecule has 2 heterocycles. The zero-order valence-electron chi connectivity index (χ0n) is 18.3. The molecule has 1 fully saturated rings. The Bertz CT molecular complexity index is 745. The van der Waals surface area contributed by atoms with Crippen molar-refractivity contribution in [3.63, 3.8) is 0 Å². The molecule has 0 spiro atoms. The second-order valence-corrected chi connectivity index (χ2v) is 9.46. The Morgan fingerprint density at radius 2 is 1.96 bits per heavy atom. The van der Waals surface area contributed by atoms with E-state index in [0.29, 0.717) is 10.6 Å². The predicted octanol–water partition coefficient (Wildman–Crippen LogP) is 7.47. The minimum absolute atomic E-state index is 0.530. The highest BCUT2D eigenvalue weighted by Crippen LogP contribution is 2.22. The van der Waals surface area contributed by atoms with Crippen molar-refractivity contribution < 1.29 is 0 Å². The molecule has 1 aromatic carbocycles. The summed E-state index contributed by atoms with van der Waals surface area (Å²) in [5, 5.41) is 11.2. The molecule has 0 N–H and O–H groups in total. The van der Waals surface area contributed by atoms with Crippen LogP contribution in [0.5, 0.6) is 0 Å². The molecule has 0 saturated carbocycles. The first-order valence-electron chi connectivity index (χ1n) is 10.2. The second kappa shape index (κ2) is 13.0. The molecule has 3 rings (SSSR count).